The van der Waals surface area contributed by atoms with Gasteiger partial charge in [0.1, 0.15) is 12.4 Å². The molecule has 1 fully saturated rings. The molecule has 1 saturated heterocycles. The van der Waals surface area contributed by atoms with Crippen molar-refractivity contribution in [1.82, 2.24) is 0 Å². The molecule has 0 saturated carbocycles. The molecule has 5 heteroatoms. The Kier molecular flexibility index (Phi) is 6.01. The highest BCUT2D eigenvalue weighted by Crippen LogP contribution is 2.39. The quantitative estimate of drug-likeness (QED) is 0.366. The third-order valence-electron chi connectivity index (χ3n) is 3.17. The maximum Gasteiger partial charge on any atom is 0.147 e. The summed E-state index contributed by atoms with van der Waals surface area (Å²) in [6.45, 7) is 7.58. The lowest BCUT2D eigenvalue weighted by Crippen LogP contribution is -2.39. The SMILES string of the molecule is CCC1(C(CC(C)(C)O)OCOCCOC)CO1. The first kappa shape index (κ1) is 15.9. The van der Waals surface area contributed by atoms with Crippen LogP contribution in [0.1, 0.15) is 33.6 Å². The van der Waals surface area contributed by atoms with E-state index in [1.54, 1.807) is 21.0 Å². The van der Waals surface area contributed by atoms with Gasteiger partial charge in [-0.25, -0.2) is 0 Å². The van der Waals surface area contributed by atoms with Gasteiger partial charge < -0.3 is 24.1 Å². The number of ether oxygens (including phenoxy) is 4. The first-order chi connectivity index (χ1) is 8.43. The summed E-state index contributed by atoms with van der Waals surface area (Å²) in [6.07, 6.45) is 1.28. The molecular formula is C13H26O5. The van der Waals surface area contributed by atoms with Gasteiger partial charge in [-0.15, -0.1) is 0 Å². The molecule has 1 rings (SSSR count). The van der Waals surface area contributed by atoms with E-state index in [1.165, 1.54) is 0 Å². The Bertz CT molecular complexity index is 232. The molecule has 1 heterocycles. The number of aliphatic hydroxyl groups is 1. The minimum Gasteiger partial charge on any atom is -0.390 e. The molecule has 2 unspecified atom stereocenters. The zero-order valence-corrected chi connectivity index (χ0v) is 11.9. The Morgan fingerprint density at radius 3 is 2.50 bits per heavy atom. The van der Waals surface area contributed by atoms with Crippen LogP contribution in [0, 0.1) is 0 Å². The molecule has 1 N–H and O–H groups in total. The Hall–Kier alpha value is -0.200. The topological polar surface area (TPSA) is 60.5 Å². The summed E-state index contributed by atoms with van der Waals surface area (Å²) in [5.74, 6) is 0. The molecule has 0 aromatic heterocycles. The predicted molar refractivity (Wildman–Crippen MR) is 67.5 cm³/mol. The molecule has 0 aromatic rings. The van der Waals surface area contributed by atoms with Crippen LogP contribution in [0.25, 0.3) is 0 Å². The van der Waals surface area contributed by atoms with Crippen molar-refractivity contribution in [1.29, 1.82) is 0 Å². The van der Waals surface area contributed by atoms with Gasteiger partial charge >= 0.3 is 0 Å². The average Bonchev–Trinajstić information content (AvgIpc) is 3.06. The summed E-state index contributed by atoms with van der Waals surface area (Å²) in [5, 5.41) is 9.92. The predicted octanol–water partition coefficient (Wildman–Crippen LogP) is 1.33. The van der Waals surface area contributed by atoms with Gasteiger partial charge in [-0.1, -0.05) is 6.92 Å². The van der Waals surface area contributed by atoms with E-state index >= 15 is 0 Å². The maximum absolute atomic E-state index is 9.92. The molecule has 5 nitrogen and oxygen atoms in total. The summed E-state index contributed by atoms with van der Waals surface area (Å²) < 4.78 is 21.4. The number of rotatable bonds is 10. The highest BCUT2D eigenvalue weighted by molar-refractivity contribution is 5.00. The van der Waals surface area contributed by atoms with E-state index in [0.29, 0.717) is 26.2 Å². The molecular weight excluding hydrogens is 236 g/mol. The third-order valence-corrected chi connectivity index (χ3v) is 3.17. The lowest BCUT2D eigenvalue weighted by Gasteiger charge is -2.29. The maximum atomic E-state index is 9.92. The van der Waals surface area contributed by atoms with E-state index in [9.17, 15) is 5.11 Å². The van der Waals surface area contributed by atoms with Gasteiger partial charge in [0.05, 0.1) is 31.5 Å². The fourth-order valence-electron chi connectivity index (χ4n) is 1.89. The van der Waals surface area contributed by atoms with Crippen molar-refractivity contribution < 1.29 is 24.1 Å². The van der Waals surface area contributed by atoms with E-state index < -0.39 is 5.60 Å². The molecule has 1 aliphatic rings. The highest BCUT2D eigenvalue weighted by atomic mass is 16.7. The van der Waals surface area contributed by atoms with Gasteiger partial charge in [-0.2, -0.15) is 0 Å². The van der Waals surface area contributed by atoms with Crippen LogP contribution in [0.2, 0.25) is 0 Å². The zero-order valence-electron chi connectivity index (χ0n) is 11.9. The Labute approximate surface area is 109 Å². The third kappa shape index (κ3) is 5.20. The minimum atomic E-state index is -0.773. The van der Waals surface area contributed by atoms with Gasteiger partial charge in [0.2, 0.25) is 0 Å². The standard InChI is InChI=1S/C13H26O5/c1-5-13(9-18-13)11(8-12(2,3)14)17-10-16-7-6-15-4/h11,14H,5-10H2,1-4H3. The Morgan fingerprint density at radius 1 is 1.39 bits per heavy atom. The number of hydrogen-bond donors (Lipinski definition) is 1. The monoisotopic (exact) mass is 262 g/mol. The lowest BCUT2D eigenvalue weighted by atomic mass is 9.90. The molecule has 0 aromatic carbocycles. The summed E-state index contributed by atoms with van der Waals surface area (Å²) >= 11 is 0. The molecule has 2 atom stereocenters. The average molecular weight is 262 g/mol. The lowest BCUT2D eigenvalue weighted by molar-refractivity contribution is -0.135. The second-order valence-corrected chi connectivity index (χ2v) is 5.40. The van der Waals surface area contributed by atoms with Crippen LogP contribution in [0.5, 0.6) is 0 Å². The van der Waals surface area contributed by atoms with Gasteiger partial charge in [-0.05, 0) is 20.3 Å². The minimum absolute atomic E-state index is 0.134. The van der Waals surface area contributed by atoms with Gasteiger partial charge in [0.15, 0.2) is 0 Å². The molecule has 0 bridgehead atoms. The summed E-state index contributed by atoms with van der Waals surface area (Å²) in [7, 11) is 1.63. The van der Waals surface area contributed by atoms with Crippen LogP contribution in [-0.2, 0) is 18.9 Å². The summed E-state index contributed by atoms with van der Waals surface area (Å²) in [5.41, 5.74) is -1.00. The van der Waals surface area contributed by atoms with Crippen molar-refractivity contribution in [2.24, 2.45) is 0 Å². The molecule has 0 radical (unpaired) electrons. The van der Waals surface area contributed by atoms with Crippen molar-refractivity contribution in [3.05, 3.63) is 0 Å². The molecule has 18 heavy (non-hydrogen) atoms. The molecule has 0 spiro atoms. The Balaban J connectivity index is 2.36. The number of epoxide rings is 1. The zero-order chi connectivity index (χ0) is 13.6. The smallest absolute Gasteiger partial charge is 0.147 e. The van der Waals surface area contributed by atoms with Gasteiger partial charge in [-0.3, -0.25) is 0 Å². The second-order valence-electron chi connectivity index (χ2n) is 5.40. The fraction of sp³-hybridized carbons (Fsp3) is 1.00. The van der Waals surface area contributed by atoms with Gasteiger partial charge in [0.25, 0.3) is 0 Å². The molecule has 1 aliphatic heterocycles. The fourth-order valence-corrected chi connectivity index (χ4v) is 1.89. The van der Waals surface area contributed by atoms with Crippen LogP contribution in [-0.4, -0.2) is 56.1 Å². The van der Waals surface area contributed by atoms with Crippen molar-refractivity contribution in [3.63, 3.8) is 0 Å². The van der Waals surface area contributed by atoms with Crippen molar-refractivity contribution in [2.45, 2.75) is 50.9 Å². The van der Waals surface area contributed by atoms with Crippen molar-refractivity contribution in [2.75, 3.05) is 33.7 Å². The van der Waals surface area contributed by atoms with E-state index in [0.717, 1.165) is 6.42 Å². The molecule has 0 amide bonds. The van der Waals surface area contributed by atoms with Crippen LogP contribution in [0.3, 0.4) is 0 Å². The van der Waals surface area contributed by atoms with Crippen LogP contribution in [0.4, 0.5) is 0 Å². The summed E-state index contributed by atoms with van der Waals surface area (Å²) in [6, 6.07) is 0. The first-order valence-electron chi connectivity index (χ1n) is 6.48. The number of methoxy groups -OCH3 is 1. The van der Waals surface area contributed by atoms with E-state index in [2.05, 4.69) is 6.92 Å². The normalized spacial score (nSPS) is 25.2. The molecule has 0 aliphatic carbocycles. The van der Waals surface area contributed by atoms with E-state index in [-0.39, 0.29) is 18.5 Å². The molecule has 108 valence electrons. The van der Waals surface area contributed by atoms with Crippen molar-refractivity contribution >= 4 is 0 Å². The largest absolute Gasteiger partial charge is 0.390 e. The van der Waals surface area contributed by atoms with Gasteiger partial charge in [0, 0.05) is 13.5 Å². The first-order valence-corrected chi connectivity index (χ1v) is 6.48. The van der Waals surface area contributed by atoms with Crippen LogP contribution in [0.15, 0.2) is 0 Å². The number of hydrogen-bond acceptors (Lipinski definition) is 5. The highest BCUT2D eigenvalue weighted by Gasteiger charge is 2.52. The second kappa shape index (κ2) is 6.82. The van der Waals surface area contributed by atoms with E-state index in [4.69, 9.17) is 18.9 Å². The van der Waals surface area contributed by atoms with Crippen molar-refractivity contribution in [3.8, 4) is 0 Å². The Morgan fingerprint density at radius 2 is 2.06 bits per heavy atom. The van der Waals surface area contributed by atoms with Crippen LogP contribution >= 0.6 is 0 Å². The van der Waals surface area contributed by atoms with Crippen LogP contribution < -0.4 is 0 Å². The van der Waals surface area contributed by atoms with E-state index in [1.807, 2.05) is 0 Å². The summed E-state index contributed by atoms with van der Waals surface area (Å²) in [4.78, 5) is 0.